The summed E-state index contributed by atoms with van der Waals surface area (Å²) in [7, 11) is 0. The van der Waals surface area contributed by atoms with Gasteiger partial charge in [-0.05, 0) is 24.3 Å². The molecule has 8 heteroatoms. The van der Waals surface area contributed by atoms with E-state index in [1.807, 2.05) is 0 Å². The molecule has 23 heavy (non-hydrogen) atoms. The predicted octanol–water partition coefficient (Wildman–Crippen LogP) is -1.19. The predicted molar refractivity (Wildman–Crippen MR) is 76.2 cm³/mol. The normalized spacial score (nSPS) is 16.8. The van der Waals surface area contributed by atoms with Crippen molar-refractivity contribution in [2.75, 3.05) is 0 Å². The third-order valence-electron chi connectivity index (χ3n) is 3.40. The molecule has 1 heterocycles. The van der Waals surface area contributed by atoms with Crippen molar-refractivity contribution in [1.29, 1.82) is 0 Å². The third-order valence-corrected chi connectivity index (χ3v) is 3.40. The number of hydrogen-bond acceptors (Lipinski definition) is 8. The van der Waals surface area contributed by atoms with E-state index in [0.29, 0.717) is 0 Å². The van der Waals surface area contributed by atoms with Crippen molar-refractivity contribution in [2.45, 2.75) is 6.10 Å². The van der Waals surface area contributed by atoms with Crippen LogP contribution >= 0.6 is 0 Å². The molecule has 1 aliphatic rings. The van der Waals surface area contributed by atoms with Gasteiger partial charge in [-0.1, -0.05) is 0 Å². The number of carbonyl (C=O) groups is 1. The van der Waals surface area contributed by atoms with Crippen LogP contribution in [0.25, 0.3) is 23.2 Å². The first kappa shape index (κ1) is 14.7. The maximum atomic E-state index is 12.2. The molecule has 0 saturated heterocycles. The molecule has 118 valence electrons. The molecular formula is C15H10O8. The zero-order chi connectivity index (χ0) is 16.9. The molecule has 8 nitrogen and oxygen atoms in total. The topological polar surface area (TPSA) is 148 Å². The molecule has 0 radical (unpaired) electrons. The summed E-state index contributed by atoms with van der Waals surface area (Å²) in [5, 5.41) is 47.4. The minimum Gasteiger partial charge on any atom is -0.504 e. The molecule has 1 aromatic heterocycles. The molecule has 0 saturated carbocycles. The number of benzene rings is 1. The number of phenols is 2. The van der Waals surface area contributed by atoms with Gasteiger partial charge in [0.15, 0.2) is 23.0 Å². The maximum Gasteiger partial charge on any atom is 0.238 e. The molecular weight excluding hydrogens is 308 g/mol. The number of aliphatic hydroxyl groups is 2. The molecule has 0 aliphatic heterocycles. The molecule has 1 aromatic carbocycles. The van der Waals surface area contributed by atoms with E-state index in [9.17, 15) is 35.1 Å². The quantitative estimate of drug-likeness (QED) is 0.412. The molecule has 0 spiro atoms. The molecule has 3 rings (SSSR count). The van der Waals surface area contributed by atoms with Gasteiger partial charge in [0.25, 0.3) is 0 Å². The van der Waals surface area contributed by atoms with Crippen LogP contribution in [0.15, 0.2) is 27.4 Å². The Bertz CT molecular complexity index is 1010. The van der Waals surface area contributed by atoms with Crippen molar-refractivity contribution in [3.63, 3.8) is 0 Å². The van der Waals surface area contributed by atoms with Gasteiger partial charge < -0.3 is 29.9 Å². The number of phenolic OH excluding ortho intramolecular Hbond substituents is 2. The summed E-state index contributed by atoms with van der Waals surface area (Å²) in [6.07, 6.45) is -0.765. The van der Waals surface area contributed by atoms with Gasteiger partial charge in [0.2, 0.25) is 17.0 Å². The average Bonchev–Trinajstić information content (AvgIpc) is 2.51. The Hall–Kier alpha value is -3.26. The van der Waals surface area contributed by atoms with Gasteiger partial charge in [-0.25, -0.2) is 0 Å². The van der Waals surface area contributed by atoms with Gasteiger partial charge in [0, 0.05) is 5.56 Å². The van der Waals surface area contributed by atoms with Gasteiger partial charge in [-0.15, -0.1) is 0 Å². The number of aromatic hydroxyl groups is 3. The van der Waals surface area contributed by atoms with Gasteiger partial charge in [0.1, 0.15) is 16.7 Å². The number of carbonyl (C=O) groups excluding carboxylic acids is 1. The number of fused-ring (bicyclic) bond motifs is 1. The van der Waals surface area contributed by atoms with Crippen LogP contribution in [0.5, 0.6) is 17.2 Å². The number of aliphatic hydroxyl groups excluding tert-OH is 2. The van der Waals surface area contributed by atoms with E-state index in [4.69, 9.17) is 4.42 Å². The minimum absolute atomic E-state index is 0.0666. The summed E-state index contributed by atoms with van der Waals surface area (Å²) in [6.45, 7) is 0. The fraction of sp³-hybridized carbons (Fsp3) is 0.0667. The zero-order valence-electron chi connectivity index (χ0n) is 11.3. The molecule has 1 aliphatic carbocycles. The summed E-state index contributed by atoms with van der Waals surface area (Å²) < 4.78 is 5.29. The fourth-order valence-corrected chi connectivity index (χ4v) is 2.23. The van der Waals surface area contributed by atoms with Crippen molar-refractivity contribution in [3.8, 4) is 28.6 Å². The highest BCUT2D eigenvalue weighted by Crippen LogP contribution is 2.32. The molecule has 1 atom stereocenters. The van der Waals surface area contributed by atoms with E-state index in [2.05, 4.69) is 0 Å². The summed E-state index contributed by atoms with van der Waals surface area (Å²) in [5.41, 5.74) is -1.29. The van der Waals surface area contributed by atoms with E-state index in [1.165, 1.54) is 6.07 Å². The van der Waals surface area contributed by atoms with Gasteiger partial charge >= 0.3 is 0 Å². The Kier molecular flexibility index (Phi) is 3.12. The lowest BCUT2D eigenvalue weighted by molar-refractivity contribution is -0.120. The Morgan fingerprint density at radius 3 is 2.35 bits per heavy atom. The van der Waals surface area contributed by atoms with Crippen LogP contribution in [0.1, 0.15) is 0 Å². The minimum atomic E-state index is -1.68. The molecule has 0 fully saturated rings. The van der Waals surface area contributed by atoms with E-state index < -0.39 is 45.5 Å². The molecule has 2 aromatic rings. The van der Waals surface area contributed by atoms with E-state index in [1.54, 1.807) is 0 Å². The molecule has 1 unspecified atom stereocenters. The Morgan fingerprint density at radius 1 is 1.00 bits per heavy atom. The van der Waals surface area contributed by atoms with E-state index >= 15 is 0 Å². The third kappa shape index (κ3) is 2.12. The van der Waals surface area contributed by atoms with Gasteiger partial charge in [0.05, 0.1) is 0 Å². The number of rotatable bonds is 1. The van der Waals surface area contributed by atoms with Gasteiger partial charge in [-0.2, -0.15) is 0 Å². The van der Waals surface area contributed by atoms with Crippen LogP contribution in [-0.2, 0) is 4.79 Å². The first-order chi connectivity index (χ1) is 10.8. The molecule has 0 amide bonds. The summed E-state index contributed by atoms with van der Waals surface area (Å²) in [5.74, 6) is -4.24. The van der Waals surface area contributed by atoms with Crippen LogP contribution in [0.2, 0.25) is 0 Å². The second-order valence-corrected chi connectivity index (χ2v) is 4.88. The van der Waals surface area contributed by atoms with Crippen LogP contribution in [0.4, 0.5) is 0 Å². The van der Waals surface area contributed by atoms with Crippen LogP contribution in [0.3, 0.4) is 0 Å². The van der Waals surface area contributed by atoms with Crippen LogP contribution < -0.4 is 16.1 Å². The first-order valence-electron chi connectivity index (χ1n) is 6.37. The van der Waals surface area contributed by atoms with Crippen LogP contribution in [-0.4, -0.2) is 37.4 Å². The highest BCUT2D eigenvalue weighted by Gasteiger charge is 2.27. The first-order valence-corrected chi connectivity index (χ1v) is 6.37. The van der Waals surface area contributed by atoms with Crippen molar-refractivity contribution < 1.29 is 34.7 Å². The summed E-state index contributed by atoms with van der Waals surface area (Å²) in [6, 6.07) is 3.44. The monoisotopic (exact) mass is 318 g/mol. The smallest absolute Gasteiger partial charge is 0.238 e. The maximum absolute atomic E-state index is 12.2. The Labute approximate surface area is 127 Å². The summed E-state index contributed by atoms with van der Waals surface area (Å²) in [4.78, 5) is 23.7. The largest absolute Gasteiger partial charge is 0.504 e. The Balaban J connectivity index is 2.40. The average molecular weight is 318 g/mol. The second kappa shape index (κ2) is 4.89. The highest BCUT2D eigenvalue weighted by atomic mass is 16.4. The zero-order valence-corrected chi connectivity index (χ0v) is 11.3. The lowest BCUT2D eigenvalue weighted by Crippen LogP contribution is -2.47. The molecule has 5 N–H and O–H groups in total. The highest BCUT2D eigenvalue weighted by molar-refractivity contribution is 6.17. The van der Waals surface area contributed by atoms with E-state index in [0.717, 1.165) is 18.2 Å². The Morgan fingerprint density at radius 2 is 1.70 bits per heavy atom. The second-order valence-electron chi connectivity index (χ2n) is 4.88. The molecule has 0 bridgehead atoms. The van der Waals surface area contributed by atoms with Crippen LogP contribution in [0, 0.1) is 0 Å². The lowest BCUT2D eigenvalue weighted by atomic mass is 10.0. The SMILES string of the molecule is O=C1C(O)=c2c(oc(-c3ccc(O)c(O)c3)c(O)c2=O)=CC1O. The van der Waals surface area contributed by atoms with E-state index in [-0.39, 0.29) is 16.7 Å². The van der Waals surface area contributed by atoms with Crippen molar-refractivity contribution in [2.24, 2.45) is 0 Å². The van der Waals surface area contributed by atoms with Crippen molar-refractivity contribution in [1.82, 2.24) is 0 Å². The summed E-state index contributed by atoms with van der Waals surface area (Å²) >= 11 is 0. The van der Waals surface area contributed by atoms with Gasteiger partial charge in [-0.3, -0.25) is 9.59 Å². The van der Waals surface area contributed by atoms with Crippen molar-refractivity contribution >= 4 is 17.6 Å². The number of hydrogen-bond donors (Lipinski definition) is 5. The number of ketones is 1. The van der Waals surface area contributed by atoms with Crippen molar-refractivity contribution in [3.05, 3.63) is 39.1 Å². The lowest BCUT2D eigenvalue weighted by Gasteiger charge is -2.11. The fourth-order valence-electron chi connectivity index (χ4n) is 2.23. The number of Topliss-reactive ketones (excluding diaryl/α,β-unsaturated/α-hetero) is 1. The standard InChI is InChI=1S/C15H10O8/c16-6-2-1-5(3-7(6)17)15-14(22)13(21)10-9(23-15)4-8(18)11(19)12(10)20/h1-4,8,16-18,20,22H.